The SMILES string of the molecule is CN1CCN(C2=C(c3cccs3)C(=O)N(Cc3ccc(S(N)(=O)=O)cc3)C2=O)CC1. The number of nitrogens with two attached hydrogens (primary N) is 1. The first kappa shape index (κ1) is 20.7. The molecule has 2 N–H and O–H groups in total. The molecule has 0 saturated carbocycles. The molecule has 30 heavy (non-hydrogen) atoms. The number of hydrogen-bond donors (Lipinski definition) is 1. The Morgan fingerprint density at radius 2 is 1.67 bits per heavy atom. The highest BCUT2D eigenvalue weighted by Gasteiger charge is 2.42. The van der Waals surface area contributed by atoms with E-state index in [1.807, 2.05) is 29.5 Å². The van der Waals surface area contributed by atoms with E-state index in [1.54, 1.807) is 12.1 Å². The van der Waals surface area contributed by atoms with Gasteiger partial charge >= 0.3 is 0 Å². The number of likely N-dealkylation sites (N-methyl/N-ethyl adjacent to an activating group) is 1. The summed E-state index contributed by atoms with van der Waals surface area (Å²) in [5, 5.41) is 7.02. The van der Waals surface area contributed by atoms with Gasteiger partial charge in [-0.05, 0) is 36.2 Å². The third kappa shape index (κ3) is 3.91. The second-order valence-corrected chi connectivity index (χ2v) is 9.89. The van der Waals surface area contributed by atoms with Crippen molar-refractivity contribution >= 4 is 38.7 Å². The second kappa shape index (κ2) is 7.95. The third-order valence-corrected chi connectivity index (χ3v) is 7.14. The molecule has 2 aromatic rings. The van der Waals surface area contributed by atoms with Gasteiger partial charge in [-0.2, -0.15) is 0 Å². The predicted octanol–water partition coefficient (Wildman–Crippen LogP) is 0.923. The second-order valence-electron chi connectivity index (χ2n) is 7.38. The molecule has 4 rings (SSSR count). The molecule has 0 unspecified atom stereocenters. The number of piperazine rings is 1. The zero-order valence-corrected chi connectivity index (χ0v) is 18.1. The van der Waals surface area contributed by atoms with Crippen molar-refractivity contribution in [2.45, 2.75) is 11.4 Å². The maximum absolute atomic E-state index is 13.3. The fourth-order valence-corrected chi connectivity index (χ4v) is 4.92. The number of amides is 2. The van der Waals surface area contributed by atoms with Gasteiger partial charge in [0.05, 0.1) is 17.0 Å². The summed E-state index contributed by atoms with van der Waals surface area (Å²) in [7, 11) is -1.77. The molecule has 2 aliphatic heterocycles. The summed E-state index contributed by atoms with van der Waals surface area (Å²) < 4.78 is 22.9. The number of benzene rings is 1. The molecule has 2 aliphatic rings. The quantitative estimate of drug-likeness (QED) is 0.685. The van der Waals surface area contributed by atoms with Gasteiger partial charge in [0, 0.05) is 31.1 Å². The van der Waals surface area contributed by atoms with E-state index < -0.39 is 10.0 Å². The summed E-state index contributed by atoms with van der Waals surface area (Å²) in [4.78, 5) is 32.8. The predicted molar refractivity (Wildman–Crippen MR) is 114 cm³/mol. The number of nitrogens with zero attached hydrogens (tertiary/aromatic N) is 3. The molecule has 1 aromatic carbocycles. The summed E-state index contributed by atoms with van der Waals surface area (Å²) in [6, 6.07) is 9.61. The fraction of sp³-hybridized carbons (Fsp3) is 0.300. The first-order valence-electron chi connectivity index (χ1n) is 9.45. The summed E-state index contributed by atoms with van der Waals surface area (Å²) in [5.41, 5.74) is 1.55. The van der Waals surface area contributed by atoms with Gasteiger partial charge in [0.25, 0.3) is 11.8 Å². The summed E-state index contributed by atoms with van der Waals surface area (Å²) >= 11 is 1.43. The first-order chi connectivity index (χ1) is 14.3. The highest BCUT2D eigenvalue weighted by Crippen LogP contribution is 2.35. The Morgan fingerprint density at radius 1 is 1.00 bits per heavy atom. The third-order valence-electron chi connectivity index (χ3n) is 5.32. The lowest BCUT2D eigenvalue weighted by Crippen LogP contribution is -2.46. The van der Waals surface area contributed by atoms with Crippen LogP contribution in [0.2, 0.25) is 0 Å². The molecular weight excluding hydrogens is 424 g/mol. The van der Waals surface area contributed by atoms with E-state index >= 15 is 0 Å². The smallest absolute Gasteiger partial charge is 0.278 e. The Labute approximate surface area is 179 Å². The maximum Gasteiger partial charge on any atom is 0.278 e. The zero-order chi connectivity index (χ0) is 21.5. The van der Waals surface area contributed by atoms with E-state index in [4.69, 9.17) is 5.14 Å². The van der Waals surface area contributed by atoms with Gasteiger partial charge in [-0.1, -0.05) is 18.2 Å². The number of thiophene rings is 1. The number of imide groups is 1. The zero-order valence-electron chi connectivity index (χ0n) is 16.4. The standard InChI is InChI=1S/C20H22N4O4S2/c1-22-8-10-23(11-9-22)18-17(16-3-2-12-29-16)19(25)24(20(18)26)13-14-4-6-15(7-5-14)30(21,27)28/h2-7,12H,8-11,13H2,1H3,(H2,21,27,28). The topological polar surface area (TPSA) is 104 Å². The van der Waals surface area contributed by atoms with Gasteiger partial charge in [-0.25, -0.2) is 13.6 Å². The van der Waals surface area contributed by atoms with Crippen LogP contribution in [0, 0.1) is 0 Å². The van der Waals surface area contributed by atoms with Crippen LogP contribution in [-0.4, -0.2) is 68.2 Å². The van der Waals surface area contributed by atoms with Crippen molar-refractivity contribution in [1.29, 1.82) is 0 Å². The van der Waals surface area contributed by atoms with Gasteiger partial charge in [-0.3, -0.25) is 14.5 Å². The Balaban J connectivity index is 1.64. The van der Waals surface area contributed by atoms with Gasteiger partial charge in [-0.15, -0.1) is 11.3 Å². The Morgan fingerprint density at radius 3 is 2.23 bits per heavy atom. The van der Waals surface area contributed by atoms with E-state index in [-0.39, 0.29) is 23.3 Å². The summed E-state index contributed by atoms with van der Waals surface area (Å²) in [5.74, 6) is -0.643. The Bertz CT molecular complexity index is 1100. The average Bonchev–Trinajstić information content (AvgIpc) is 3.31. The van der Waals surface area contributed by atoms with Crippen molar-refractivity contribution in [1.82, 2.24) is 14.7 Å². The van der Waals surface area contributed by atoms with Gasteiger partial charge < -0.3 is 9.80 Å². The van der Waals surface area contributed by atoms with Crippen molar-refractivity contribution in [3.63, 3.8) is 0 Å². The molecule has 0 radical (unpaired) electrons. The van der Waals surface area contributed by atoms with Crippen LogP contribution in [-0.2, 0) is 26.2 Å². The molecule has 10 heteroatoms. The number of primary sulfonamides is 1. The van der Waals surface area contributed by atoms with E-state index in [0.29, 0.717) is 29.9 Å². The molecular formula is C20H22N4O4S2. The lowest BCUT2D eigenvalue weighted by molar-refractivity contribution is -0.138. The van der Waals surface area contributed by atoms with Crippen molar-refractivity contribution in [3.05, 3.63) is 57.9 Å². The van der Waals surface area contributed by atoms with E-state index in [1.165, 1.54) is 28.4 Å². The van der Waals surface area contributed by atoms with Crippen molar-refractivity contribution in [2.24, 2.45) is 5.14 Å². The normalized spacial score (nSPS) is 18.6. The highest BCUT2D eigenvalue weighted by molar-refractivity contribution is 7.89. The summed E-state index contributed by atoms with van der Waals surface area (Å²) in [6.07, 6.45) is 0. The summed E-state index contributed by atoms with van der Waals surface area (Å²) in [6.45, 7) is 3.05. The molecule has 0 atom stereocenters. The van der Waals surface area contributed by atoms with Crippen LogP contribution in [0.15, 0.2) is 52.4 Å². The van der Waals surface area contributed by atoms with Crippen molar-refractivity contribution < 1.29 is 18.0 Å². The van der Waals surface area contributed by atoms with Gasteiger partial charge in [0.1, 0.15) is 5.70 Å². The number of carbonyl (C=O) groups is 2. The molecule has 1 saturated heterocycles. The Kier molecular flexibility index (Phi) is 5.49. The minimum atomic E-state index is -3.80. The molecule has 1 fully saturated rings. The minimum Gasteiger partial charge on any atom is -0.364 e. The maximum atomic E-state index is 13.3. The fourth-order valence-electron chi connectivity index (χ4n) is 3.64. The molecule has 2 amide bonds. The largest absolute Gasteiger partial charge is 0.364 e. The molecule has 0 bridgehead atoms. The number of carbonyl (C=O) groups excluding carboxylic acids is 2. The van der Waals surface area contributed by atoms with Crippen molar-refractivity contribution in [3.8, 4) is 0 Å². The van der Waals surface area contributed by atoms with Crippen LogP contribution in [0.25, 0.3) is 5.57 Å². The number of hydrogen-bond acceptors (Lipinski definition) is 7. The van der Waals surface area contributed by atoms with Crippen LogP contribution in [0.1, 0.15) is 10.4 Å². The van der Waals surface area contributed by atoms with Crippen molar-refractivity contribution in [2.75, 3.05) is 33.2 Å². The lowest BCUT2D eigenvalue weighted by atomic mass is 10.1. The molecule has 1 aromatic heterocycles. The highest BCUT2D eigenvalue weighted by atomic mass is 32.2. The van der Waals surface area contributed by atoms with Crippen LogP contribution < -0.4 is 5.14 Å². The number of sulfonamides is 1. The molecule has 158 valence electrons. The van der Waals surface area contributed by atoms with E-state index in [2.05, 4.69) is 4.90 Å². The van der Waals surface area contributed by atoms with E-state index in [0.717, 1.165) is 18.0 Å². The molecule has 8 nitrogen and oxygen atoms in total. The average molecular weight is 447 g/mol. The minimum absolute atomic E-state index is 0.0131. The lowest BCUT2D eigenvalue weighted by Gasteiger charge is -2.34. The van der Waals surface area contributed by atoms with Gasteiger partial charge in [0.15, 0.2) is 0 Å². The van der Waals surface area contributed by atoms with Crippen LogP contribution in [0.4, 0.5) is 0 Å². The molecule has 3 heterocycles. The monoisotopic (exact) mass is 446 g/mol. The van der Waals surface area contributed by atoms with Crippen LogP contribution >= 0.6 is 11.3 Å². The van der Waals surface area contributed by atoms with Crippen LogP contribution in [0.3, 0.4) is 0 Å². The Hall–Kier alpha value is -2.53. The molecule has 0 aliphatic carbocycles. The van der Waals surface area contributed by atoms with E-state index in [9.17, 15) is 18.0 Å². The first-order valence-corrected chi connectivity index (χ1v) is 11.9. The number of rotatable bonds is 5. The van der Waals surface area contributed by atoms with Crippen LogP contribution in [0.5, 0.6) is 0 Å². The molecule has 0 spiro atoms. The van der Waals surface area contributed by atoms with Gasteiger partial charge in [0.2, 0.25) is 10.0 Å².